The van der Waals surface area contributed by atoms with Gasteiger partial charge in [-0.2, -0.15) is 0 Å². The minimum absolute atomic E-state index is 0.729. The molecule has 0 radical (unpaired) electrons. The van der Waals surface area contributed by atoms with E-state index in [9.17, 15) is 0 Å². The van der Waals surface area contributed by atoms with Crippen molar-refractivity contribution < 1.29 is 0 Å². The summed E-state index contributed by atoms with van der Waals surface area (Å²) in [5.41, 5.74) is 0. The molecule has 0 aromatic heterocycles. The summed E-state index contributed by atoms with van der Waals surface area (Å²) in [7, 11) is 1.91. The highest BCUT2D eigenvalue weighted by Gasteiger charge is 1.88. The van der Waals surface area contributed by atoms with Crippen LogP contribution < -0.4 is 10.6 Å². The van der Waals surface area contributed by atoms with Crippen molar-refractivity contribution in [2.75, 3.05) is 20.1 Å². The van der Waals surface area contributed by atoms with Crippen LogP contribution in [0.25, 0.3) is 0 Å². The summed E-state index contributed by atoms with van der Waals surface area (Å²) in [5, 5.41) is 6.34. The van der Waals surface area contributed by atoms with Crippen molar-refractivity contribution in [1.29, 1.82) is 0 Å². The predicted molar refractivity (Wildman–Crippen MR) is 73.4 cm³/mol. The summed E-state index contributed by atoms with van der Waals surface area (Å²) in [6.45, 7) is 6.51. The molecule has 2 nitrogen and oxygen atoms in total. The van der Waals surface area contributed by atoms with Gasteiger partial charge in [-0.1, -0.05) is 44.2 Å². The van der Waals surface area contributed by atoms with Crippen LogP contribution in [0.2, 0.25) is 0 Å². The fourth-order valence-corrected chi connectivity index (χ4v) is 1.17. The molecule has 0 aromatic carbocycles. The van der Waals surface area contributed by atoms with Crippen LogP contribution >= 0.6 is 0 Å². The van der Waals surface area contributed by atoms with Crippen molar-refractivity contribution in [2.24, 2.45) is 5.92 Å². The minimum Gasteiger partial charge on any atom is -0.394 e. The lowest BCUT2D eigenvalue weighted by Gasteiger charge is -2.03. The standard InChI is InChI=1S/C14H26N2/c1-14(2)13-16-12-10-8-6-4-5-7-9-11-15-3/h4-5,8-11,14-16H,6-7,12-13H2,1-3H3/b5-4+,10-8+,11-9+. The molecule has 92 valence electrons. The van der Waals surface area contributed by atoms with E-state index < -0.39 is 0 Å². The Kier molecular flexibility index (Phi) is 11.3. The van der Waals surface area contributed by atoms with Crippen molar-refractivity contribution in [3.63, 3.8) is 0 Å². The van der Waals surface area contributed by atoms with Gasteiger partial charge in [-0.15, -0.1) is 0 Å². The van der Waals surface area contributed by atoms with Gasteiger partial charge in [0.25, 0.3) is 0 Å². The molecule has 0 fully saturated rings. The Morgan fingerprint density at radius 2 is 1.56 bits per heavy atom. The lowest BCUT2D eigenvalue weighted by Crippen LogP contribution is -2.19. The van der Waals surface area contributed by atoms with Crippen LogP contribution in [0, 0.1) is 5.92 Å². The number of hydrogen-bond acceptors (Lipinski definition) is 2. The van der Waals surface area contributed by atoms with E-state index in [1.807, 2.05) is 13.2 Å². The second-order valence-electron chi connectivity index (χ2n) is 4.16. The topological polar surface area (TPSA) is 24.1 Å². The third-order valence-electron chi connectivity index (χ3n) is 1.98. The summed E-state index contributed by atoms with van der Waals surface area (Å²) in [4.78, 5) is 0. The average molecular weight is 222 g/mol. The number of allylic oxidation sites excluding steroid dienone is 4. The maximum atomic E-state index is 3.37. The van der Waals surface area contributed by atoms with Gasteiger partial charge in [0.15, 0.2) is 0 Å². The molecule has 0 aromatic rings. The molecule has 2 heteroatoms. The zero-order chi connectivity index (χ0) is 12.1. The Morgan fingerprint density at radius 1 is 0.938 bits per heavy atom. The lowest BCUT2D eigenvalue weighted by molar-refractivity contribution is 0.577. The van der Waals surface area contributed by atoms with Crippen LogP contribution in [0.5, 0.6) is 0 Å². The highest BCUT2D eigenvalue weighted by atomic mass is 14.8. The van der Waals surface area contributed by atoms with E-state index in [-0.39, 0.29) is 0 Å². The van der Waals surface area contributed by atoms with Crippen LogP contribution in [-0.2, 0) is 0 Å². The predicted octanol–water partition coefficient (Wildman–Crippen LogP) is 2.86. The molecular formula is C14H26N2. The van der Waals surface area contributed by atoms with Crippen LogP contribution in [0.1, 0.15) is 26.7 Å². The zero-order valence-electron chi connectivity index (χ0n) is 10.9. The quantitative estimate of drug-likeness (QED) is 0.463. The monoisotopic (exact) mass is 222 g/mol. The maximum absolute atomic E-state index is 3.37. The van der Waals surface area contributed by atoms with Crippen LogP contribution in [0.15, 0.2) is 36.6 Å². The smallest absolute Gasteiger partial charge is 0.0135 e. The Labute approximate surface area is 101 Å². The number of rotatable bonds is 9. The first kappa shape index (κ1) is 15.0. The fourth-order valence-electron chi connectivity index (χ4n) is 1.17. The number of hydrogen-bond donors (Lipinski definition) is 2. The molecule has 0 atom stereocenters. The Bertz CT molecular complexity index is 215. The van der Waals surface area contributed by atoms with Crippen LogP contribution in [-0.4, -0.2) is 20.1 Å². The molecule has 0 unspecified atom stereocenters. The zero-order valence-corrected chi connectivity index (χ0v) is 10.9. The molecule has 0 spiro atoms. The van der Waals surface area contributed by atoms with E-state index in [1.54, 1.807) is 0 Å². The van der Waals surface area contributed by atoms with E-state index in [0.717, 1.165) is 31.8 Å². The first-order valence-corrected chi connectivity index (χ1v) is 6.10. The molecule has 0 bridgehead atoms. The van der Waals surface area contributed by atoms with Gasteiger partial charge in [-0.25, -0.2) is 0 Å². The fraction of sp³-hybridized carbons (Fsp3) is 0.571. The Balaban J connectivity index is 3.30. The first-order chi connectivity index (χ1) is 7.77. The molecule has 0 aliphatic rings. The van der Waals surface area contributed by atoms with Gasteiger partial charge >= 0.3 is 0 Å². The normalized spacial score (nSPS) is 12.5. The van der Waals surface area contributed by atoms with Gasteiger partial charge in [0.05, 0.1) is 0 Å². The van der Waals surface area contributed by atoms with E-state index >= 15 is 0 Å². The third-order valence-corrected chi connectivity index (χ3v) is 1.98. The van der Waals surface area contributed by atoms with Crippen molar-refractivity contribution in [2.45, 2.75) is 26.7 Å². The average Bonchev–Trinajstić information content (AvgIpc) is 2.25. The molecule has 16 heavy (non-hydrogen) atoms. The van der Waals surface area contributed by atoms with Crippen molar-refractivity contribution in [3.8, 4) is 0 Å². The molecule has 0 heterocycles. The molecule has 0 amide bonds. The van der Waals surface area contributed by atoms with Crippen molar-refractivity contribution >= 4 is 0 Å². The maximum Gasteiger partial charge on any atom is 0.0135 e. The van der Waals surface area contributed by atoms with E-state index in [0.29, 0.717) is 0 Å². The second-order valence-corrected chi connectivity index (χ2v) is 4.16. The first-order valence-electron chi connectivity index (χ1n) is 6.10. The molecule has 0 saturated heterocycles. The Morgan fingerprint density at radius 3 is 2.19 bits per heavy atom. The van der Waals surface area contributed by atoms with E-state index in [1.165, 1.54) is 0 Å². The van der Waals surface area contributed by atoms with Gasteiger partial charge in [0.1, 0.15) is 0 Å². The molecule has 0 rings (SSSR count). The van der Waals surface area contributed by atoms with Gasteiger partial charge in [-0.3, -0.25) is 0 Å². The molecule has 0 aliphatic carbocycles. The third kappa shape index (κ3) is 13.0. The minimum atomic E-state index is 0.729. The summed E-state index contributed by atoms with van der Waals surface area (Å²) >= 11 is 0. The van der Waals surface area contributed by atoms with Crippen LogP contribution in [0.3, 0.4) is 0 Å². The summed E-state index contributed by atoms with van der Waals surface area (Å²) in [5.74, 6) is 0.729. The SMILES string of the molecule is CN/C=C/C/C=C/C/C=C/CNCC(C)C. The van der Waals surface area contributed by atoms with Crippen molar-refractivity contribution in [1.82, 2.24) is 10.6 Å². The van der Waals surface area contributed by atoms with Gasteiger partial charge < -0.3 is 10.6 Å². The molecule has 2 N–H and O–H groups in total. The second kappa shape index (κ2) is 12.1. The Hall–Kier alpha value is -1.02. The van der Waals surface area contributed by atoms with E-state index in [4.69, 9.17) is 0 Å². The van der Waals surface area contributed by atoms with Crippen LogP contribution in [0.4, 0.5) is 0 Å². The highest BCUT2D eigenvalue weighted by molar-refractivity contribution is 4.97. The summed E-state index contributed by atoms with van der Waals surface area (Å²) in [6, 6.07) is 0. The lowest BCUT2D eigenvalue weighted by atomic mass is 10.2. The van der Waals surface area contributed by atoms with Gasteiger partial charge in [0, 0.05) is 13.6 Å². The molecule has 0 aliphatic heterocycles. The van der Waals surface area contributed by atoms with Gasteiger partial charge in [0.2, 0.25) is 0 Å². The summed E-state index contributed by atoms with van der Waals surface area (Å²) < 4.78 is 0. The molecule has 0 saturated carbocycles. The highest BCUT2D eigenvalue weighted by Crippen LogP contribution is 1.90. The number of nitrogens with one attached hydrogen (secondary N) is 2. The van der Waals surface area contributed by atoms with E-state index in [2.05, 4.69) is 54.9 Å². The van der Waals surface area contributed by atoms with Gasteiger partial charge in [-0.05, 0) is 31.5 Å². The molecular weight excluding hydrogens is 196 g/mol. The summed E-state index contributed by atoms with van der Waals surface area (Å²) in [6.07, 6.45) is 14.8. The van der Waals surface area contributed by atoms with Crippen molar-refractivity contribution in [3.05, 3.63) is 36.6 Å². The largest absolute Gasteiger partial charge is 0.394 e.